The molecule has 4 heteroatoms. The van der Waals surface area contributed by atoms with Crippen molar-refractivity contribution in [2.75, 3.05) is 7.05 Å². The number of carbonyl (C=O) groups excluding carboxylic acids is 1. The second kappa shape index (κ2) is 5.21. The lowest BCUT2D eigenvalue weighted by Gasteiger charge is -2.14. The molecule has 88 valence electrons. The maximum Gasteiger partial charge on any atom is 0.412 e. The van der Waals surface area contributed by atoms with E-state index in [-0.39, 0.29) is 5.92 Å². The van der Waals surface area contributed by atoms with Gasteiger partial charge in [-0.1, -0.05) is 25.4 Å². The van der Waals surface area contributed by atoms with Crippen LogP contribution in [0.25, 0.3) is 0 Å². The number of aryl methyl sites for hydroxylation is 1. The predicted octanol–water partition coefficient (Wildman–Crippen LogP) is 3.49. The molecule has 1 amide bonds. The van der Waals surface area contributed by atoms with Gasteiger partial charge < -0.3 is 10.1 Å². The van der Waals surface area contributed by atoms with Gasteiger partial charge in [-0.2, -0.15) is 0 Å². The lowest BCUT2D eigenvalue weighted by atomic mass is 10.0. The summed E-state index contributed by atoms with van der Waals surface area (Å²) < 4.78 is 5.18. The van der Waals surface area contributed by atoms with Gasteiger partial charge in [0, 0.05) is 12.1 Å². The fourth-order valence-corrected chi connectivity index (χ4v) is 1.53. The highest BCUT2D eigenvalue weighted by Crippen LogP contribution is 2.31. The summed E-state index contributed by atoms with van der Waals surface area (Å²) in [5.74, 6) is 0.814. The van der Waals surface area contributed by atoms with Crippen LogP contribution in [0.1, 0.15) is 30.9 Å². The maximum atomic E-state index is 11.2. The van der Waals surface area contributed by atoms with Crippen LogP contribution in [0, 0.1) is 6.92 Å². The molecule has 0 saturated carbocycles. The first kappa shape index (κ1) is 12.8. The van der Waals surface area contributed by atoms with Gasteiger partial charge in [-0.3, -0.25) is 0 Å². The maximum absolute atomic E-state index is 11.2. The van der Waals surface area contributed by atoms with Gasteiger partial charge in [0.25, 0.3) is 0 Å². The lowest BCUT2D eigenvalue weighted by molar-refractivity contribution is 0.202. The van der Waals surface area contributed by atoms with E-state index in [0.29, 0.717) is 10.8 Å². The van der Waals surface area contributed by atoms with Crippen LogP contribution in [0.4, 0.5) is 4.79 Å². The Hall–Kier alpha value is -1.22. The molecule has 1 N–H and O–H groups in total. The summed E-state index contributed by atoms with van der Waals surface area (Å²) in [4.78, 5) is 11.2. The monoisotopic (exact) mass is 241 g/mol. The summed E-state index contributed by atoms with van der Waals surface area (Å²) in [6.45, 7) is 5.93. The van der Waals surface area contributed by atoms with E-state index in [0.717, 1.165) is 11.1 Å². The van der Waals surface area contributed by atoms with Crippen LogP contribution in [0.5, 0.6) is 5.75 Å². The first-order valence-corrected chi connectivity index (χ1v) is 5.53. The standard InChI is InChI=1S/C12H16ClNO2/c1-7(2)9-6-10(13)8(3)5-11(9)16-12(15)14-4/h5-7H,1-4H3,(H,14,15). The number of halogens is 1. The Morgan fingerprint density at radius 2 is 2.06 bits per heavy atom. The molecule has 1 rings (SSSR count). The Bertz CT molecular complexity index is 402. The number of ether oxygens (including phenoxy) is 1. The molecule has 1 aromatic rings. The number of rotatable bonds is 2. The Morgan fingerprint density at radius 3 is 2.56 bits per heavy atom. The third kappa shape index (κ3) is 2.89. The van der Waals surface area contributed by atoms with Gasteiger partial charge in [-0.05, 0) is 36.1 Å². The SMILES string of the molecule is CNC(=O)Oc1cc(C)c(Cl)cc1C(C)C. The fraction of sp³-hybridized carbons (Fsp3) is 0.417. The van der Waals surface area contributed by atoms with Crippen molar-refractivity contribution in [1.29, 1.82) is 0 Å². The van der Waals surface area contributed by atoms with Gasteiger partial charge in [-0.25, -0.2) is 4.79 Å². The minimum atomic E-state index is -0.469. The Morgan fingerprint density at radius 1 is 1.44 bits per heavy atom. The highest BCUT2D eigenvalue weighted by Gasteiger charge is 2.13. The van der Waals surface area contributed by atoms with Crippen molar-refractivity contribution in [3.8, 4) is 5.75 Å². The number of hydrogen-bond acceptors (Lipinski definition) is 2. The second-order valence-corrected chi connectivity index (χ2v) is 4.34. The van der Waals surface area contributed by atoms with Crippen LogP contribution >= 0.6 is 11.6 Å². The molecule has 0 heterocycles. The van der Waals surface area contributed by atoms with Crippen molar-refractivity contribution in [3.05, 3.63) is 28.3 Å². The molecular formula is C12H16ClNO2. The van der Waals surface area contributed by atoms with Crippen molar-refractivity contribution in [2.24, 2.45) is 0 Å². The molecule has 0 atom stereocenters. The van der Waals surface area contributed by atoms with Crippen molar-refractivity contribution < 1.29 is 9.53 Å². The zero-order chi connectivity index (χ0) is 12.3. The molecular weight excluding hydrogens is 226 g/mol. The lowest BCUT2D eigenvalue weighted by Crippen LogP contribution is -2.22. The van der Waals surface area contributed by atoms with Crippen LogP contribution < -0.4 is 10.1 Å². The van der Waals surface area contributed by atoms with Crippen LogP contribution in [0.15, 0.2) is 12.1 Å². The second-order valence-electron chi connectivity index (χ2n) is 3.93. The smallest absolute Gasteiger partial charge is 0.410 e. The average molecular weight is 242 g/mol. The third-order valence-corrected chi connectivity index (χ3v) is 2.73. The van der Waals surface area contributed by atoms with Crippen molar-refractivity contribution in [3.63, 3.8) is 0 Å². The van der Waals surface area contributed by atoms with Gasteiger partial charge >= 0.3 is 6.09 Å². The van der Waals surface area contributed by atoms with Crippen molar-refractivity contribution in [2.45, 2.75) is 26.7 Å². The molecule has 0 fully saturated rings. The van der Waals surface area contributed by atoms with E-state index in [1.165, 1.54) is 7.05 Å². The molecule has 0 aliphatic rings. The van der Waals surface area contributed by atoms with Gasteiger partial charge in [0.05, 0.1) is 0 Å². The molecule has 16 heavy (non-hydrogen) atoms. The first-order chi connectivity index (χ1) is 7.45. The molecule has 0 aromatic heterocycles. The summed E-state index contributed by atoms with van der Waals surface area (Å²) in [5.41, 5.74) is 1.82. The summed E-state index contributed by atoms with van der Waals surface area (Å²) in [6, 6.07) is 3.63. The first-order valence-electron chi connectivity index (χ1n) is 5.15. The van der Waals surface area contributed by atoms with Crippen LogP contribution in [-0.4, -0.2) is 13.1 Å². The minimum Gasteiger partial charge on any atom is -0.410 e. The quantitative estimate of drug-likeness (QED) is 0.861. The Kier molecular flexibility index (Phi) is 4.19. The van der Waals surface area contributed by atoms with E-state index in [9.17, 15) is 4.79 Å². The molecule has 0 aliphatic heterocycles. The largest absolute Gasteiger partial charge is 0.412 e. The molecule has 1 aromatic carbocycles. The zero-order valence-corrected chi connectivity index (χ0v) is 10.7. The third-order valence-electron chi connectivity index (χ3n) is 2.32. The average Bonchev–Trinajstić information content (AvgIpc) is 2.22. The molecule has 3 nitrogen and oxygen atoms in total. The molecule has 0 bridgehead atoms. The molecule has 0 aliphatic carbocycles. The summed E-state index contributed by atoms with van der Waals surface area (Å²) in [5, 5.41) is 3.11. The number of amides is 1. The van der Waals surface area contributed by atoms with Gasteiger partial charge in [0.1, 0.15) is 5.75 Å². The number of carbonyl (C=O) groups is 1. The highest BCUT2D eigenvalue weighted by atomic mass is 35.5. The summed E-state index contributed by atoms with van der Waals surface area (Å²) >= 11 is 6.04. The Balaban J connectivity index is 3.14. The molecule has 0 unspecified atom stereocenters. The van der Waals surface area contributed by atoms with Crippen LogP contribution in [0.3, 0.4) is 0 Å². The van der Waals surface area contributed by atoms with E-state index < -0.39 is 6.09 Å². The predicted molar refractivity (Wildman–Crippen MR) is 65.4 cm³/mol. The van der Waals surface area contributed by atoms with Crippen molar-refractivity contribution in [1.82, 2.24) is 5.32 Å². The van der Waals surface area contributed by atoms with Gasteiger partial charge in [0.15, 0.2) is 0 Å². The summed E-state index contributed by atoms with van der Waals surface area (Å²) in [6.07, 6.45) is -0.469. The van der Waals surface area contributed by atoms with Gasteiger partial charge in [0.2, 0.25) is 0 Å². The van der Waals surface area contributed by atoms with Crippen molar-refractivity contribution >= 4 is 17.7 Å². The van der Waals surface area contributed by atoms with E-state index in [1.54, 1.807) is 6.07 Å². The normalized spacial score (nSPS) is 10.4. The summed E-state index contributed by atoms with van der Waals surface area (Å²) in [7, 11) is 1.53. The topological polar surface area (TPSA) is 38.3 Å². The fourth-order valence-electron chi connectivity index (χ4n) is 1.36. The molecule has 0 spiro atoms. The van der Waals surface area contributed by atoms with Gasteiger partial charge in [-0.15, -0.1) is 0 Å². The van der Waals surface area contributed by atoms with E-state index in [2.05, 4.69) is 5.32 Å². The van der Waals surface area contributed by atoms with Crippen LogP contribution in [-0.2, 0) is 0 Å². The molecule has 0 radical (unpaired) electrons. The number of nitrogens with one attached hydrogen (secondary N) is 1. The van der Waals surface area contributed by atoms with E-state index >= 15 is 0 Å². The number of benzene rings is 1. The zero-order valence-electron chi connectivity index (χ0n) is 9.93. The number of hydrogen-bond donors (Lipinski definition) is 1. The minimum absolute atomic E-state index is 0.248. The van der Waals surface area contributed by atoms with E-state index in [1.807, 2.05) is 26.8 Å². The molecule has 0 saturated heterocycles. The van der Waals surface area contributed by atoms with Crippen LogP contribution in [0.2, 0.25) is 5.02 Å². The highest BCUT2D eigenvalue weighted by molar-refractivity contribution is 6.31. The Labute approximate surface area is 101 Å². The van der Waals surface area contributed by atoms with E-state index in [4.69, 9.17) is 16.3 Å².